The molecule has 0 atom stereocenters. The number of rotatable bonds is 4. The molecule has 0 fully saturated rings. The summed E-state index contributed by atoms with van der Waals surface area (Å²) in [5.74, 6) is 0.714. The summed E-state index contributed by atoms with van der Waals surface area (Å²) in [6.45, 7) is 2.32. The normalized spacial score (nSPS) is 13.8. The smallest absolute Gasteiger partial charge is 0.186 e. The Labute approximate surface area is 124 Å². The van der Waals surface area contributed by atoms with Gasteiger partial charge in [0.2, 0.25) is 0 Å². The van der Waals surface area contributed by atoms with Gasteiger partial charge in [0, 0.05) is 5.69 Å². The molecule has 4 nitrogen and oxygen atoms in total. The van der Waals surface area contributed by atoms with E-state index in [1.807, 2.05) is 29.7 Å². The highest BCUT2D eigenvalue weighted by atomic mass is 16.5. The minimum atomic E-state index is 0.0672. The van der Waals surface area contributed by atoms with Crippen LogP contribution in [0.15, 0.2) is 24.5 Å². The van der Waals surface area contributed by atoms with Crippen LogP contribution >= 0.6 is 0 Å². The third-order valence-electron chi connectivity index (χ3n) is 4.08. The lowest BCUT2D eigenvalue weighted by atomic mass is 10.0. The molecule has 0 N–H and O–H groups in total. The Balaban J connectivity index is 1.85. The fourth-order valence-corrected chi connectivity index (χ4v) is 2.94. The van der Waals surface area contributed by atoms with E-state index >= 15 is 0 Å². The Morgan fingerprint density at radius 2 is 2.14 bits per heavy atom. The third kappa shape index (κ3) is 2.71. The highest BCUT2D eigenvalue weighted by molar-refractivity contribution is 5.98. The van der Waals surface area contributed by atoms with E-state index in [1.54, 1.807) is 13.4 Å². The van der Waals surface area contributed by atoms with E-state index < -0.39 is 0 Å². The average molecular weight is 284 g/mol. The SMILES string of the molecule is COc1cc(C)ccc1C(=O)Cn1cnc2c1CCCC2. The van der Waals surface area contributed by atoms with Gasteiger partial charge in [0.25, 0.3) is 0 Å². The van der Waals surface area contributed by atoms with Crippen LogP contribution in [0.1, 0.15) is 40.2 Å². The first-order chi connectivity index (χ1) is 10.2. The van der Waals surface area contributed by atoms with E-state index in [9.17, 15) is 4.79 Å². The van der Waals surface area contributed by atoms with Gasteiger partial charge in [-0.1, -0.05) is 6.07 Å². The Hall–Kier alpha value is -2.10. The summed E-state index contributed by atoms with van der Waals surface area (Å²) in [4.78, 5) is 17.0. The van der Waals surface area contributed by atoms with Crippen LogP contribution in [0.4, 0.5) is 0 Å². The zero-order chi connectivity index (χ0) is 14.8. The highest BCUT2D eigenvalue weighted by Crippen LogP contribution is 2.23. The lowest BCUT2D eigenvalue weighted by Crippen LogP contribution is -2.15. The number of ketones is 1. The molecule has 0 amide bonds. The second kappa shape index (κ2) is 5.72. The number of aryl methyl sites for hydroxylation is 2. The molecular weight excluding hydrogens is 264 g/mol. The van der Waals surface area contributed by atoms with Gasteiger partial charge in [0.15, 0.2) is 5.78 Å². The molecule has 110 valence electrons. The molecule has 2 aromatic rings. The van der Waals surface area contributed by atoms with Crippen molar-refractivity contribution in [2.24, 2.45) is 0 Å². The van der Waals surface area contributed by atoms with Gasteiger partial charge in [-0.3, -0.25) is 4.79 Å². The number of aromatic nitrogens is 2. The highest BCUT2D eigenvalue weighted by Gasteiger charge is 2.18. The number of imidazole rings is 1. The molecule has 1 aromatic carbocycles. The molecule has 0 unspecified atom stereocenters. The molecule has 0 bridgehead atoms. The van der Waals surface area contributed by atoms with Gasteiger partial charge in [0.1, 0.15) is 5.75 Å². The minimum Gasteiger partial charge on any atom is -0.496 e. The van der Waals surface area contributed by atoms with Crippen molar-refractivity contribution in [1.29, 1.82) is 0 Å². The molecular formula is C17H20N2O2. The number of methoxy groups -OCH3 is 1. The molecule has 0 spiro atoms. The quantitative estimate of drug-likeness (QED) is 0.811. The fraction of sp³-hybridized carbons (Fsp3) is 0.412. The van der Waals surface area contributed by atoms with Crippen molar-refractivity contribution in [3.8, 4) is 5.75 Å². The van der Waals surface area contributed by atoms with E-state index in [1.165, 1.54) is 18.5 Å². The number of Topliss-reactive ketones (excluding diaryl/α,β-unsaturated/α-hetero) is 1. The van der Waals surface area contributed by atoms with Gasteiger partial charge < -0.3 is 9.30 Å². The number of benzene rings is 1. The molecule has 1 aliphatic rings. The third-order valence-corrected chi connectivity index (χ3v) is 4.08. The molecule has 3 rings (SSSR count). The van der Waals surface area contributed by atoms with Crippen LogP contribution in [0.2, 0.25) is 0 Å². The predicted octanol–water partition coefficient (Wildman–Crippen LogP) is 2.96. The van der Waals surface area contributed by atoms with E-state index in [0.717, 1.165) is 24.1 Å². The summed E-state index contributed by atoms with van der Waals surface area (Å²) in [5, 5.41) is 0. The average Bonchev–Trinajstić information content (AvgIpc) is 2.90. The van der Waals surface area contributed by atoms with Crippen molar-refractivity contribution in [1.82, 2.24) is 9.55 Å². The molecule has 4 heteroatoms. The molecule has 1 aliphatic carbocycles. The van der Waals surface area contributed by atoms with E-state index in [4.69, 9.17) is 4.74 Å². The van der Waals surface area contributed by atoms with Crippen LogP contribution in [0, 0.1) is 6.92 Å². The first-order valence-electron chi connectivity index (χ1n) is 7.40. The number of nitrogens with zero attached hydrogens (tertiary/aromatic N) is 2. The Morgan fingerprint density at radius 3 is 2.95 bits per heavy atom. The summed E-state index contributed by atoms with van der Waals surface area (Å²) in [6, 6.07) is 5.69. The lowest BCUT2D eigenvalue weighted by Gasteiger charge is -2.14. The number of ether oxygens (including phenoxy) is 1. The summed E-state index contributed by atoms with van der Waals surface area (Å²) >= 11 is 0. The standard InChI is InChI=1S/C17H20N2O2/c1-12-7-8-13(17(9-12)21-2)16(20)10-19-11-18-14-5-3-4-6-15(14)19/h7-9,11H,3-6,10H2,1-2H3. The Bertz CT molecular complexity index is 673. The first kappa shape index (κ1) is 13.9. The topological polar surface area (TPSA) is 44.1 Å². The number of carbonyl (C=O) groups is 1. The van der Waals surface area contributed by atoms with Crippen LogP contribution in [0.3, 0.4) is 0 Å². The van der Waals surface area contributed by atoms with Crippen molar-refractivity contribution >= 4 is 5.78 Å². The van der Waals surface area contributed by atoms with Crippen molar-refractivity contribution in [2.75, 3.05) is 7.11 Å². The molecule has 0 saturated heterocycles. The molecule has 0 saturated carbocycles. The number of fused-ring (bicyclic) bond motifs is 1. The second-order valence-electron chi connectivity index (χ2n) is 5.60. The van der Waals surface area contributed by atoms with Crippen molar-refractivity contribution in [2.45, 2.75) is 39.2 Å². The zero-order valence-electron chi connectivity index (χ0n) is 12.6. The first-order valence-corrected chi connectivity index (χ1v) is 7.40. The lowest BCUT2D eigenvalue weighted by molar-refractivity contribution is 0.0968. The van der Waals surface area contributed by atoms with Crippen LogP contribution in [-0.4, -0.2) is 22.4 Å². The maximum absolute atomic E-state index is 12.6. The van der Waals surface area contributed by atoms with Gasteiger partial charge in [0.05, 0.1) is 31.2 Å². The molecule has 0 radical (unpaired) electrons. The number of hydrogen-bond acceptors (Lipinski definition) is 3. The van der Waals surface area contributed by atoms with Crippen LogP contribution in [0.5, 0.6) is 5.75 Å². The van der Waals surface area contributed by atoms with E-state index in [0.29, 0.717) is 17.9 Å². The Kier molecular flexibility index (Phi) is 3.78. The van der Waals surface area contributed by atoms with Gasteiger partial charge in [-0.15, -0.1) is 0 Å². The minimum absolute atomic E-state index is 0.0672. The van der Waals surface area contributed by atoms with Crippen molar-refractivity contribution in [3.05, 3.63) is 47.0 Å². The van der Waals surface area contributed by atoms with E-state index in [-0.39, 0.29) is 5.78 Å². The summed E-state index contributed by atoms with van der Waals surface area (Å²) in [7, 11) is 1.60. The van der Waals surface area contributed by atoms with Crippen LogP contribution in [0.25, 0.3) is 0 Å². The maximum Gasteiger partial charge on any atom is 0.186 e. The molecule has 1 aromatic heterocycles. The molecule has 0 aliphatic heterocycles. The van der Waals surface area contributed by atoms with Gasteiger partial charge in [-0.2, -0.15) is 0 Å². The summed E-state index contributed by atoms with van der Waals surface area (Å²) < 4.78 is 7.33. The fourth-order valence-electron chi connectivity index (χ4n) is 2.94. The van der Waals surface area contributed by atoms with E-state index in [2.05, 4.69) is 4.98 Å². The second-order valence-corrected chi connectivity index (χ2v) is 5.60. The largest absolute Gasteiger partial charge is 0.496 e. The Morgan fingerprint density at radius 1 is 1.33 bits per heavy atom. The summed E-state index contributed by atoms with van der Waals surface area (Å²) in [5.41, 5.74) is 4.11. The maximum atomic E-state index is 12.6. The number of hydrogen-bond donors (Lipinski definition) is 0. The molecule has 21 heavy (non-hydrogen) atoms. The van der Waals surface area contributed by atoms with Gasteiger partial charge in [-0.05, 0) is 50.3 Å². The number of carbonyl (C=O) groups excluding carboxylic acids is 1. The molecule has 1 heterocycles. The zero-order valence-corrected chi connectivity index (χ0v) is 12.6. The monoisotopic (exact) mass is 284 g/mol. The van der Waals surface area contributed by atoms with Crippen LogP contribution in [-0.2, 0) is 19.4 Å². The van der Waals surface area contributed by atoms with Crippen molar-refractivity contribution in [3.63, 3.8) is 0 Å². The van der Waals surface area contributed by atoms with Gasteiger partial charge in [-0.25, -0.2) is 4.98 Å². The predicted molar refractivity (Wildman–Crippen MR) is 80.9 cm³/mol. The van der Waals surface area contributed by atoms with Crippen molar-refractivity contribution < 1.29 is 9.53 Å². The summed E-state index contributed by atoms with van der Waals surface area (Å²) in [6.07, 6.45) is 6.23. The van der Waals surface area contributed by atoms with Crippen LogP contribution < -0.4 is 4.74 Å². The van der Waals surface area contributed by atoms with Gasteiger partial charge >= 0.3 is 0 Å².